The molecule has 2 rings (SSSR count). The van der Waals surface area contributed by atoms with E-state index < -0.39 is 17.5 Å². The largest absolute Gasteiger partial charge is 0.339 e. The zero-order valence-corrected chi connectivity index (χ0v) is 12.0. The second kappa shape index (κ2) is 6.26. The van der Waals surface area contributed by atoms with Crippen LogP contribution < -0.4 is 5.32 Å². The van der Waals surface area contributed by atoms with Crippen molar-refractivity contribution in [1.82, 2.24) is 15.5 Å². The summed E-state index contributed by atoms with van der Waals surface area (Å²) in [5.41, 5.74) is 0.0334. The Kier molecular flexibility index (Phi) is 4.62. The van der Waals surface area contributed by atoms with Crippen LogP contribution in [0.15, 0.2) is 16.7 Å². The fourth-order valence-electron chi connectivity index (χ4n) is 2.20. The van der Waals surface area contributed by atoms with Crippen molar-refractivity contribution < 1.29 is 17.7 Å². The van der Waals surface area contributed by atoms with Gasteiger partial charge in [-0.2, -0.15) is 4.98 Å². The Bertz CT molecular complexity index is 603. The molecule has 0 spiro atoms. The lowest BCUT2D eigenvalue weighted by Gasteiger charge is -2.18. The highest BCUT2D eigenvalue weighted by Crippen LogP contribution is 2.25. The molecule has 0 fully saturated rings. The average Bonchev–Trinajstić information content (AvgIpc) is 2.95. The van der Waals surface area contributed by atoms with Crippen molar-refractivity contribution in [2.75, 3.05) is 7.05 Å². The van der Waals surface area contributed by atoms with E-state index in [4.69, 9.17) is 4.52 Å². The quantitative estimate of drug-likeness (QED) is 0.861. The minimum absolute atomic E-state index is 0.0283. The number of halogens is 3. The highest BCUT2D eigenvalue weighted by Gasteiger charge is 2.23. The van der Waals surface area contributed by atoms with Crippen molar-refractivity contribution in [3.05, 3.63) is 35.5 Å². The summed E-state index contributed by atoms with van der Waals surface area (Å²) in [6.45, 7) is 3.92. The van der Waals surface area contributed by atoms with Gasteiger partial charge in [-0.25, -0.2) is 13.2 Å². The molecule has 2 aromatic rings. The minimum atomic E-state index is -1.52. The summed E-state index contributed by atoms with van der Waals surface area (Å²) >= 11 is 0. The van der Waals surface area contributed by atoms with Crippen molar-refractivity contribution in [3.63, 3.8) is 0 Å². The summed E-state index contributed by atoms with van der Waals surface area (Å²) < 4.78 is 44.5. The smallest absolute Gasteiger partial charge is 0.231 e. The molecule has 1 aromatic carbocycles. The molecule has 114 valence electrons. The predicted molar refractivity (Wildman–Crippen MR) is 71.2 cm³/mol. The summed E-state index contributed by atoms with van der Waals surface area (Å²) in [5, 5.41) is 6.83. The van der Waals surface area contributed by atoms with Gasteiger partial charge in [0, 0.05) is 11.6 Å². The van der Waals surface area contributed by atoms with Crippen LogP contribution in [0.1, 0.15) is 32.1 Å². The van der Waals surface area contributed by atoms with Crippen LogP contribution in [0.5, 0.6) is 0 Å². The van der Waals surface area contributed by atoms with Crippen LogP contribution in [0, 0.1) is 17.5 Å². The highest BCUT2D eigenvalue weighted by atomic mass is 19.2. The summed E-state index contributed by atoms with van der Waals surface area (Å²) in [5.74, 6) is -3.76. The lowest BCUT2D eigenvalue weighted by atomic mass is 10.00. The Morgan fingerprint density at radius 3 is 2.38 bits per heavy atom. The monoisotopic (exact) mass is 299 g/mol. The molecule has 4 nitrogen and oxygen atoms in total. The lowest BCUT2D eigenvalue weighted by Crippen LogP contribution is -2.30. The Balaban J connectivity index is 2.32. The summed E-state index contributed by atoms with van der Waals surface area (Å²) in [6, 6.07) is 1.82. The van der Waals surface area contributed by atoms with E-state index in [0.717, 1.165) is 18.6 Å². The van der Waals surface area contributed by atoms with Gasteiger partial charge < -0.3 is 9.84 Å². The number of benzene rings is 1. The molecule has 0 radical (unpaired) electrons. The molecule has 2 atom stereocenters. The summed E-state index contributed by atoms with van der Waals surface area (Å²) in [7, 11) is 1.83. The van der Waals surface area contributed by atoms with E-state index >= 15 is 0 Å². The third kappa shape index (κ3) is 3.07. The van der Waals surface area contributed by atoms with Crippen molar-refractivity contribution in [3.8, 4) is 11.4 Å². The van der Waals surface area contributed by atoms with E-state index in [0.29, 0.717) is 5.89 Å². The predicted octanol–water partition coefficient (Wildman–Crippen LogP) is 3.26. The first kappa shape index (κ1) is 15.5. The molecule has 0 aliphatic heterocycles. The SMILES string of the molecule is CCC(NC)C(C)c1nc(-c2cc(F)c(F)c(F)c2)no1. The molecule has 0 saturated carbocycles. The van der Waals surface area contributed by atoms with Gasteiger partial charge in [0.15, 0.2) is 17.5 Å². The molecule has 2 unspecified atom stereocenters. The summed E-state index contributed by atoms with van der Waals surface area (Å²) in [4.78, 5) is 4.14. The topological polar surface area (TPSA) is 51.0 Å². The van der Waals surface area contributed by atoms with Crippen LogP contribution >= 0.6 is 0 Å². The second-order valence-corrected chi connectivity index (χ2v) is 4.80. The van der Waals surface area contributed by atoms with E-state index in [1.807, 2.05) is 20.9 Å². The molecule has 0 saturated heterocycles. The molecular weight excluding hydrogens is 283 g/mol. The second-order valence-electron chi connectivity index (χ2n) is 4.80. The average molecular weight is 299 g/mol. The van der Waals surface area contributed by atoms with Crippen molar-refractivity contribution in [1.29, 1.82) is 0 Å². The van der Waals surface area contributed by atoms with Gasteiger partial charge in [0.2, 0.25) is 11.7 Å². The van der Waals surface area contributed by atoms with Gasteiger partial charge in [-0.05, 0) is 25.6 Å². The van der Waals surface area contributed by atoms with Crippen LogP contribution in [0.2, 0.25) is 0 Å². The summed E-state index contributed by atoms with van der Waals surface area (Å²) in [6.07, 6.45) is 0.856. The fourth-order valence-corrected chi connectivity index (χ4v) is 2.20. The van der Waals surface area contributed by atoms with Crippen molar-refractivity contribution in [2.45, 2.75) is 32.2 Å². The van der Waals surface area contributed by atoms with Crippen LogP contribution in [-0.4, -0.2) is 23.2 Å². The maximum Gasteiger partial charge on any atom is 0.231 e. The van der Waals surface area contributed by atoms with E-state index in [9.17, 15) is 13.2 Å². The maximum atomic E-state index is 13.2. The minimum Gasteiger partial charge on any atom is -0.339 e. The lowest BCUT2D eigenvalue weighted by molar-refractivity contribution is 0.326. The maximum absolute atomic E-state index is 13.2. The van der Waals surface area contributed by atoms with Crippen molar-refractivity contribution in [2.24, 2.45) is 0 Å². The van der Waals surface area contributed by atoms with Gasteiger partial charge in [-0.3, -0.25) is 0 Å². The molecule has 0 bridgehead atoms. The molecule has 0 aliphatic carbocycles. The van der Waals surface area contributed by atoms with Gasteiger partial charge in [0.1, 0.15) is 0 Å². The van der Waals surface area contributed by atoms with Crippen molar-refractivity contribution >= 4 is 0 Å². The van der Waals surface area contributed by atoms with E-state index in [-0.39, 0.29) is 23.3 Å². The molecular formula is C14H16F3N3O. The van der Waals surface area contributed by atoms with E-state index in [2.05, 4.69) is 15.5 Å². The van der Waals surface area contributed by atoms with Crippen LogP contribution in [0.3, 0.4) is 0 Å². The third-order valence-corrected chi connectivity index (χ3v) is 3.49. The molecule has 1 N–H and O–H groups in total. The molecule has 1 heterocycles. The number of nitrogens with one attached hydrogen (secondary N) is 1. The van der Waals surface area contributed by atoms with Gasteiger partial charge in [-0.1, -0.05) is 19.0 Å². The number of rotatable bonds is 5. The molecule has 1 aromatic heterocycles. The number of hydrogen-bond donors (Lipinski definition) is 1. The zero-order valence-electron chi connectivity index (χ0n) is 12.0. The standard InChI is InChI=1S/C14H16F3N3O/c1-4-11(18-3)7(2)14-19-13(20-21-14)8-5-9(15)12(17)10(16)6-8/h5-7,11,18H,4H2,1-3H3. The Morgan fingerprint density at radius 2 is 1.86 bits per heavy atom. The Morgan fingerprint density at radius 1 is 1.24 bits per heavy atom. The highest BCUT2D eigenvalue weighted by molar-refractivity contribution is 5.54. The van der Waals surface area contributed by atoms with Gasteiger partial charge in [0.05, 0.1) is 5.92 Å². The fraction of sp³-hybridized carbons (Fsp3) is 0.429. The first-order valence-electron chi connectivity index (χ1n) is 6.63. The first-order chi connectivity index (χ1) is 9.97. The van der Waals surface area contributed by atoms with Gasteiger partial charge in [-0.15, -0.1) is 0 Å². The molecule has 0 amide bonds. The number of likely N-dealkylation sites (N-methyl/N-ethyl adjacent to an activating group) is 1. The van der Waals surface area contributed by atoms with Crippen LogP contribution in [0.4, 0.5) is 13.2 Å². The van der Waals surface area contributed by atoms with E-state index in [1.165, 1.54) is 0 Å². The third-order valence-electron chi connectivity index (χ3n) is 3.49. The Hall–Kier alpha value is -1.89. The molecule has 21 heavy (non-hydrogen) atoms. The first-order valence-corrected chi connectivity index (χ1v) is 6.63. The van der Waals surface area contributed by atoms with E-state index in [1.54, 1.807) is 0 Å². The number of aromatic nitrogens is 2. The number of nitrogens with zero attached hydrogens (tertiary/aromatic N) is 2. The normalized spacial score (nSPS) is 14.2. The van der Waals surface area contributed by atoms with Gasteiger partial charge in [0.25, 0.3) is 0 Å². The van der Waals surface area contributed by atoms with Gasteiger partial charge >= 0.3 is 0 Å². The van der Waals surface area contributed by atoms with Crippen LogP contribution in [-0.2, 0) is 0 Å². The van der Waals surface area contributed by atoms with Crippen LogP contribution in [0.25, 0.3) is 11.4 Å². The zero-order chi connectivity index (χ0) is 15.6. The molecule has 7 heteroatoms. The Labute approximate surface area is 120 Å². The molecule has 0 aliphatic rings. The number of hydrogen-bond acceptors (Lipinski definition) is 4.